The molecule has 3 aromatic heterocycles. The molecule has 1 saturated heterocycles. The van der Waals surface area contributed by atoms with Crippen molar-refractivity contribution >= 4 is 39.3 Å². The normalized spacial score (nSPS) is 20.0. The van der Waals surface area contributed by atoms with Gasteiger partial charge in [-0.3, -0.25) is 9.47 Å². The van der Waals surface area contributed by atoms with E-state index in [-0.39, 0.29) is 17.9 Å². The lowest BCUT2D eigenvalue weighted by atomic mass is 10.1. The number of hydrogen-bond donors (Lipinski definition) is 0. The molecule has 0 aliphatic carbocycles. The zero-order valence-corrected chi connectivity index (χ0v) is 19.6. The molecule has 5 rings (SSSR count). The summed E-state index contributed by atoms with van der Waals surface area (Å²) in [5.74, 6) is 0. The molecule has 0 N–H and O–H groups in total. The van der Waals surface area contributed by atoms with Crippen molar-refractivity contribution in [3.8, 4) is 0 Å². The van der Waals surface area contributed by atoms with Crippen LogP contribution >= 0.6 is 22.6 Å². The second-order valence-electron chi connectivity index (χ2n) is 8.16. The van der Waals surface area contributed by atoms with Gasteiger partial charge in [0.1, 0.15) is 12.0 Å². The average Bonchev–Trinajstić information content (AvgIpc) is 3.22. The van der Waals surface area contributed by atoms with E-state index < -0.39 is 0 Å². The highest BCUT2D eigenvalue weighted by atomic mass is 127. The maximum atomic E-state index is 13.1. The van der Waals surface area contributed by atoms with Crippen molar-refractivity contribution in [1.29, 1.82) is 0 Å². The molecular weight excluding hydrogens is 507 g/mol. The number of benzene rings is 1. The van der Waals surface area contributed by atoms with Crippen LogP contribution in [0.5, 0.6) is 0 Å². The van der Waals surface area contributed by atoms with Gasteiger partial charge in [0.15, 0.2) is 5.65 Å². The van der Waals surface area contributed by atoms with Crippen LogP contribution in [-0.2, 0) is 17.8 Å². The van der Waals surface area contributed by atoms with Crippen LogP contribution in [0.1, 0.15) is 25.0 Å². The SMILES string of the molecule is C[C@@H]1CN(Cc2cnc3c(c2)c2ncnn2c(=O)n3Cc2ccc(I)cc2)C[C@H](C)O1. The molecule has 2 atom stereocenters. The minimum absolute atomic E-state index is 0.208. The number of ether oxygens (including phenoxy) is 1. The molecule has 1 aliphatic heterocycles. The summed E-state index contributed by atoms with van der Waals surface area (Å²) in [6, 6.07) is 10.2. The van der Waals surface area contributed by atoms with E-state index in [4.69, 9.17) is 9.72 Å². The van der Waals surface area contributed by atoms with E-state index in [9.17, 15) is 4.79 Å². The van der Waals surface area contributed by atoms with Crippen LogP contribution in [-0.4, -0.2) is 54.3 Å². The lowest BCUT2D eigenvalue weighted by Crippen LogP contribution is -2.44. The Morgan fingerprint density at radius 3 is 2.52 bits per heavy atom. The Balaban J connectivity index is 1.57. The van der Waals surface area contributed by atoms with E-state index >= 15 is 0 Å². The fourth-order valence-electron chi connectivity index (χ4n) is 4.32. The van der Waals surface area contributed by atoms with Gasteiger partial charge in [0.05, 0.1) is 24.1 Å². The highest BCUT2D eigenvalue weighted by Gasteiger charge is 2.23. The topological polar surface area (TPSA) is 77.6 Å². The molecule has 0 amide bonds. The first kappa shape index (κ1) is 20.5. The van der Waals surface area contributed by atoms with Crippen molar-refractivity contribution in [2.75, 3.05) is 13.1 Å². The number of rotatable bonds is 4. The third kappa shape index (κ3) is 4.09. The van der Waals surface area contributed by atoms with Gasteiger partial charge in [-0.25, -0.2) is 14.8 Å². The molecule has 0 saturated carbocycles. The molecule has 0 radical (unpaired) electrons. The maximum absolute atomic E-state index is 13.1. The monoisotopic (exact) mass is 530 g/mol. The maximum Gasteiger partial charge on any atom is 0.352 e. The average molecular weight is 530 g/mol. The minimum Gasteiger partial charge on any atom is -0.373 e. The number of aromatic nitrogens is 5. The van der Waals surface area contributed by atoms with Crippen LogP contribution in [0.2, 0.25) is 0 Å². The molecule has 8 nitrogen and oxygen atoms in total. The Morgan fingerprint density at radius 1 is 1.03 bits per heavy atom. The van der Waals surface area contributed by atoms with E-state index in [1.54, 1.807) is 4.57 Å². The van der Waals surface area contributed by atoms with Crippen molar-refractivity contribution in [1.82, 2.24) is 29.0 Å². The van der Waals surface area contributed by atoms with Crippen LogP contribution in [0, 0.1) is 3.57 Å². The fourth-order valence-corrected chi connectivity index (χ4v) is 4.68. The molecule has 4 aromatic rings. The quantitative estimate of drug-likeness (QED) is 0.378. The van der Waals surface area contributed by atoms with Crippen molar-refractivity contribution in [2.24, 2.45) is 0 Å². The summed E-state index contributed by atoms with van der Waals surface area (Å²) in [7, 11) is 0. The molecule has 1 aliphatic rings. The number of hydrogen-bond acceptors (Lipinski definition) is 6. The van der Waals surface area contributed by atoms with Crippen LogP contribution < -0.4 is 5.69 Å². The predicted octanol–water partition coefficient (Wildman–Crippen LogP) is 2.70. The number of fused-ring (bicyclic) bond motifs is 3. The largest absolute Gasteiger partial charge is 0.373 e. The molecule has 0 unspecified atom stereocenters. The number of pyridine rings is 1. The van der Waals surface area contributed by atoms with Crippen LogP contribution in [0.4, 0.5) is 0 Å². The third-order valence-corrected chi connectivity index (χ3v) is 6.25. The zero-order chi connectivity index (χ0) is 21.5. The Morgan fingerprint density at radius 2 is 1.77 bits per heavy atom. The van der Waals surface area contributed by atoms with Gasteiger partial charge in [-0.05, 0) is 65.8 Å². The van der Waals surface area contributed by atoms with Crippen molar-refractivity contribution in [2.45, 2.75) is 39.1 Å². The predicted molar refractivity (Wildman–Crippen MR) is 126 cm³/mol. The Hall–Kier alpha value is -2.37. The Bertz CT molecular complexity index is 1290. The summed E-state index contributed by atoms with van der Waals surface area (Å²) in [6.07, 6.45) is 3.70. The Labute approximate surface area is 193 Å². The lowest BCUT2D eigenvalue weighted by molar-refractivity contribution is -0.0705. The molecule has 4 heterocycles. The van der Waals surface area contributed by atoms with Gasteiger partial charge in [0.2, 0.25) is 0 Å². The van der Waals surface area contributed by atoms with Gasteiger partial charge < -0.3 is 4.74 Å². The lowest BCUT2D eigenvalue weighted by Gasteiger charge is -2.35. The van der Waals surface area contributed by atoms with Crippen molar-refractivity contribution in [3.63, 3.8) is 0 Å². The summed E-state index contributed by atoms with van der Waals surface area (Å²) in [5, 5.41) is 4.99. The van der Waals surface area contributed by atoms with Gasteiger partial charge in [-0.15, -0.1) is 0 Å². The van der Waals surface area contributed by atoms with Gasteiger partial charge in [0.25, 0.3) is 0 Å². The zero-order valence-electron chi connectivity index (χ0n) is 17.4. The molecule has 1 fully saturated rings. The van der Waals surface area contributed by atoms with Crippen LogP contribution in [0.15, 0.2) is 47.7 Å². The van der Waals surface area contributed by atoms with E-state index in [0.717, 1.165) is 39.7 Å². The number of halogens is 1. The molecule has 0 spiro atoms. The van der Waals surface area contributed by atoms with Crippen LogP contribution in [0.3, 0.4) is 0 Å². The molecular formula is C22H23IN6O2. The molecule has 31 heavy (non-hydrogen) atoms. The van der Waals surface area contributed by atoms with E-state index in [0.29, 0.717) is 17.8 Å². The standard InChI is InChI=1S/C22H23IN6O2/c1-14-9-27(10-15(2)31-14)11-17-7-19-20(24-8-17)28(12-16-3-5-18(23)6-4-16)22(30)29-21(19)25-13-26-29/h3-8,13-15H,9-12H2,1-2H3/t14-,15+. The van der Waals surface area contributed by atoms with Gasteiger partial charge >= 0.3 is 5.69 Å². The minimum atomic E-state index is -0.241. The Kier molecular flexibility index (Phi) is 5.49. The van der Waals surface area contributed by atoms with E-state index in [2.05, 4.69) is 57.5 Å². The first-order valence-corrected chi connectivity index (χ1v) is 11.4. The fraction of sp³-hybridized carbons (Fsp3) is 0.364. The second-order valence-corrected chi connectivity index (χ2v) is 9.40. The van der Waals surface area contributed by atoms with Crippen LogP contribution in [0.25, 0.3) is 16.7 Å². The summed E-state index contributed by atoms with van der Waals surface area (Å²) < 4.78 is 10.0. The number of morpholine rings is 1. The molecule has 0 bridgehead atoms. The van der Waals surface area contributed by atoms with Gasteiger partial charge in [-0.2, -0.15) is 9.61 Å². The summed E-state index contributed by atoms with van der Waals surface area (Å²) in [4.78, 5) is 24.5. The van der Waals surface area contributed by atoms with Crippen molar-refractivity contribution < 1.29 is 4.74 Å². The first-order valence-electron chi connectivity index (χ1n) is 10.3. The summed E-state index contributed by atoms with van der Waals surface area (Å²) in [6.45, 7) is 7.17. The molecule has 160 valence electrons. The highest BCUT2D eigenvalue weighted by molar-refractivity contribution is 14.1. The first-order chi connectivity index (χ1) is 15.0. The van der Waals surface area contributed by atoms with Gasteiger partial charge in [0, 0.05) is 29.4 Å². The second kappa shape index (κ2) is 8.29. The third-order valence-electron chi connectivity index (χ3n) is 5.54. The van der Waals surface area contributed by atoms with Gasteiger partial charge in [-0.1, -0.05) is 12.1 Å². The van der Waals surface area contributed by atoms with E-state index in [1.807, 2.05) is 30.5 Å². The van der Waals surface area contributed by atoms with E-state index in [1.165, 1.54) is 10.8 Å². The smallest absolute Gasteiger partial charge is 0.352 e. The summed E-state index contributed by atoms with van der Waals surface area (Å²) >= 11 is 2.27. The highest BCUT2D eigenvalue weighted by Crippen LogP contribution is 2.20. The van der Waals surface area contributed by atoms with Crippen molar-refractivity contribution in [3.05, 3.63) is 68.0 Å². The molecule has 9 heteroatoms. The molecule has 1 aromatic carbocycles. The summed E-state index contributed by atoms with van der Waals surface area (Å²) in [5.41, 5.74) is 3.03. The number of nitrogens with zero attached hydrogens (tertiary/aromatic N) is 6.